The minimum Gasteiger partial charge on any atom is -0.382 e. The van der Waals surface area contributed by atoms with Gasteiger partial charge in [-0.15, -0.1) is 0 Å². The quantitative estimate of drug-likeness (QED) is 0.673. The maximum Gasteiger partial charge on any atom is 0.287 e. The zero-order valence-electron chi connectivity index (χ0n) is 11.7. The average Bonchev–Trinajstić information content (AvgIpc) is 2.87. The predicted octanol–water partition coefficient (Wildman–Crippen LogP) is 2.36. The van der Waals surface area contributed by atoms with Gasteiger partial charge < -0.3 is 10.2 Å². The molecular formula is C14H18N4O2. The van der Waals surface area contributed by atoms with Gasteiger partial charge in [0.05, 0.1) is 4.92 Å². The van der Waals surface area contributed by atoms with E-state index in [0.29, 0.717) is 12.1 Å². The third-order valence-corrected chi connectivity index (χ3v) is 3.82. The molecule has 0 saturated heterocycles. The number of nitriles is 1. The van der Waals surface area contributed by atoms with Crippen LogP contribution < -0.4 is 5.32 Å². The van der Waals surface area contributed by atoms with E-state index < -0.39 is 4.92 Å². The summed E-state index contributed by atoms with van der Waals surface area (Å²) < 4.78 is 0. The molecule has 0 aliphatic heterocycles. The van der Waals surface area contributed by atoms with E-state index in [2.05, 4.69) is 24.3 Å². The molecule has 0 heterocycles. The number of nitrogens with zero attached hydrogens (tertiary/aromatic N) is 3. The van der Waals surface area contributed by atoms with Crippen LogP contribution in [0.5, 0.6) is 0 Å². The van der Waals surface area contributed by atoms with Gasteiger partial charge in [-0.05, 0) is 45.5 Å². The van der Waals surface area contributed by atoms with Gasteiger partial charge in [0.2, 0.25) is 0 Å². The van der Waals surface area contributed by atoms with Crippen molar-refractivity contribution in [1.82, 2.24) is 4.90 Å². The SMILES string of the molecule is CN(C)C1CCC(Nc2ccc([N+](=O)[O-])c(C#N)c2)C1. The molecule has 1 saturated carbocycles. The number of benzene rings is 1. The topological polar surface area (TPSA) is 82.2 Å². The third-order valence-electron chi connectivity index (χ3n) is 3.82. The lowest BCUT2D eigenvalue weighted by Gasteiger charge is -2.19. The van der Waals surface area contributed by atoms with Gasteiger partial charge >= 0.3 is 0 Å². The van der Waals surface area contributed by atoms with E-state index in [0.717, 1.165) is 24.9 Å². The van der Waals surface area contributed by atoms with Crippen molar-refractivity contribution in [3.63, 3.8) is 0 Å². The lowest BCUT2D eigenvalue weighted by molar-refractivity contribution is -0.385. The fraction of sp³-hybridized carbons (Fsp3) is 0.500. The Morgan fingerprint density at radius 2 is 2.20 bits per heavy atom. The van der Waals surface area contributed by atoms with Crippen molar-refractivity contribution >= 4 is 11.4 Å². The summed E-state index contributed by atoms with van der Waals surface area (Å²) in [7, 11) is 4.15. The summed E-state index contributed by atoms with van der Waals surface area (Å²) in [6.07, 6.45) is 3.26. The normalized spacial score (nSPS) is 21.7. The molecule has 1 N–H and O–H groups in total. The lowest BCUT2D eigenvalue weighted by atomic mass is 10.1. The molecule has 1 aliphatic carbocycles. The van der Waals surface area contributed by atoms with Gasteiger partial charge in [0.1, 0.15) is 11.6 Å². The monoisotopic (exact) mass is 274 g/mol. The number of nitro groups is 1. The molecule has 1 aromatic carbocycles. The summed E-state index contributed by atoms with van der Waals surface area (Å²) in [5, 5.41) is 23.1. The molecule has 1 fully saturated rings. The van der Waals surface area contributed by atoms with E-state index in [4.69, 9.17) is 5.26 Å². The van der Waals surface area contributed by atoms with E-state index in [9.17, 15) is 10.1 Å². The number of rotatable bonds is 4. The number of anilines is 1. The molecule has 6 heteroatoms. The lowest BCUT2D eigenvalue weighted by Crippen LogP contribution is -2.26. The molecule has 0 amide bonds. The van der Waals surface area contributed by atoms with Crippen LogP contribution in [0.4, 0.5) is 11.4 Å². The van der Waals surface area contributed by atoms with Crippen LogP contribution in [-0.4, -0.2) is 36.0 Å². The van der Waals surface area contributed by atoms with Crippen LogP contribution in [-0.2, 0) is 0 Å². The summed E-state index contributed by atoms with van der Waals surface area (Å²) in [5.41, 5.74) is 0.731. The Bertz CT molecular complexity index is 551. The maximum absolute atomic E-state index is 10.8. The van der Waals surface area contributed by atoms with Crippen LogP contribution in [0, 0.1) is 21.4 Å². The Hall–Kier alpha value is -2.13. The highest BCUT2D eigenvalue weighted by atomic mass is 16.6. The highest BCUT2D eigenvalue weighted by Gasteiger charge is 2.26. The summed E-state index contributed by atoms with van der Waals surface area (Å²) in [4.78, 5) is 12.5. The second kappa shape index (κ2) is 5.88. The molecule has 2 rings (SSSR count). The number of hydrogen-bond acceptors (Lipinski definition) is 5. The van der Waals surface area contributed by atoms with Crippen LogP contribution in [0.2, 0.25) is 0 Å². The highest BCUT2D eigenvalue weighted by Crippen LogP contribution is 2.27. The highest BCUT2D eigenvalue weighted by molar-refractivity contribution is 5.59. The van der Waals surface area contributed by atoms with Crippen molar-refractivity contribution in [2.24, 2.45) is 0 Å². The molecule has 1 aromatic rings. The largest absolute Gasteiger partial charge is 0.382 e. The van der Waals surface area contributed by atoms with Gasteiger partial charge in [0.25, 0.3) is 5.69 Å². The zero-order valence-corrected chi connectivity index (χ0v) is 11.7. The van der Waals surface area contributed by atoms with Crippen LogP contribution in [0.1, 0.15) is 24.8 Å². The fourth-order valence-electron chi connectivity index (χ4n) is 2.67. The molecule has 0 aromatic heterocycles. The van der Waals surface area contributed by atoms with Crippen molar-refractivity contribution in [2.45, 2.75) is 31.3 Å². The molecule has 106 valence electrons. The smallest absolute Gasteiger partial charge is 0.287 e. The van der Waals surface area contributed by atoms with Crippen LogP contribution in [0.3, 0.4) is 0 Å². The fourth-order valence-corrected chi connectivity index (χ4v) is 2.67. The Morgan fingerprint density at radius 1 is 1.45 bits per heavy atom. The van der Waals surface area contributed by atoms with Gasteiger partial charge in [-0.25, -0.2) is 0 Å². The zero-order chi connectivity index (χ0) is 14.7. The minimum absolute atomic E-state index is 0.0992. The Kier molecular flexibility index (Phi) is 4.20. The van der Waals surface area contributed by atoms with E-state index >= 15 is 0 Å². The van der Waals surface area contributed by atoms with E-state index in [1.807, 2.05) is 6.07 Å². The van der Waals surface area contributed by atoms with E-state index in [1.54, 1.807) is 12.1 Å². The molecule has 0 bridgehead atoms. The first-order chi connectivity index (χ1) is 9.51. The molecule has 1 aliphatic rings. The van der Waals surface area contributed by atoms with Gasteiger partial charge in [0.15, 0.2) is 0 Å². The molecule has 20 heavy (non-hydrogen) atoms. The van der Waals surface area contributed by atoms with Crippen LogP contribution in [0.25, 0.3) is 0 Å². The second-order valence-corrected chi connectivity index (χ2v) is 5.37. The van der Waals surface area contributed by atoms with Gasteiger partial charge in [-0.1, -0.05) is 0 Å². The third kappa shape index (κ3) is 3.06. The molecule has 0 spiro atoms. The molecule has 2 unspecified atom stereocenters. The Morgan fingerprint density at radius 3 is 2.75 bits per heavy atom. The van der Waals surface area contributed by atoms with Crippen molar-refractivity contribution in [3.05, 3.63) is 33.9 Å². The van der Waals surface area contributed by atoms with Gasteiger partial charge in [-0.3, -0.25) is 10.1 Å². The summed E-state index contributed by atoms with van der Waals surface area (Å²) >= 11 is 0. The van der Waals surface area contributed by atoms with Crippen molar-refractivity contribution < 1.29 is 4.92 Å². The van der Waals surface area contributed by atoms with Crippen molar-refractivity contribution in [3.8, 4) is 6.07 Å². The second-order valence-electron chi connectivity index (χ2n) is 5.37. The minimum atomic E-state index is -0.528. The first kappa shape index (κ1) is 14.3. The summed E-state index contributed by atoms with van der Waals surface area (Å²) in [6, 6.07) is 7.42. The Balaban J connectivity index is 2.08. The summed E-state index contributed by atoms with van der Waals surface area (Å²) in [5.74, 6) is 0. The Labute approximate surface area is 118 Å². The van der Waals surface area contributed by atoms with Gasteiger partial charge in [0, 0.05) is 23.8 Å². The number of nitrogens with one attached hydrogen (secondary N) is 1. The summed E-state index contributed by atoms with van der Waals surface area (Å²) in [6.45, 7) is 0. The first-order valence-corrected chi connectivity index (χ1v) is 6.62. The predicted molar refractivity (Wildman–Crippen MR) is 76.5 cm³/mol. The number of hydrogen-bond donors (Lipinski definition) is 1. The van der Waals surface area contributed by atoms with Crippen LogP contribution in [0.15, 0.2) is 18.2 Å². The molecule has 2 atom stereocenters. The van der Waals surface area contributed by atoms with Crippen molar-refractivity contribution in [1.29, 1.82) is 5.26 Å². The molecule has 0 radical (unpaired) electrons. The number of nitro benzene ring substituents is 1. The maximum atomic E-state index is 10.8. The molecular weight excluding hydrogens is 256 g/mol. The van der Waals surface area contributed by atoms with Gasteiger partial charge in [-0.2, -0.15) is 5.26 Å². The van der Waals surface area contributed by atoms with Crippen molar-refractivity contribution in [2.75, 3.05) is 19.4 Å². The van der Waals surface area contributed by atoms with E-state index in [-0.39, 0.29) is 11.3 Å². The van der Waals surface area contributed by atoms with E-state index in [1.165, 1.54) is 6.07 Å². The first-order valence-electron chi connectivity index (χ1n) is 6.62. The molecule has 6 nitrogen and oxygen atoms in total. The average molecular weight is 274 g/mol. The standard InChI is InChI=1S/C14H18N4O2/c1-17(2)13-5-3-12(8-13)16-11-4-6-14(18(19)20)10(7-11)9-15/h4,6-7,12-13,16H,3,5,8H2,1-2H3. The van der Waals surface area contributed by atoms with Crippen LogP contribution >= 0.6 is 0 Å².